The number of nitrogens with one attached hydrogen (secondary N) is 1. The highest BCUT2D eigenvalue weighted by Gasteiger charge is 2.23. The van der Waals surface area contributed by atoms with Crippen LogP contribution in [-0.2, 0) is 13.0 Å². The zero-order valence-electron chi connectivity index (χ0n) is 17.8. The van der Waals surface area contributed by atoms with Gasteiger partial charge in [-0.2, -0.15) is 0 Å². The molecule has 1 aliphatic heterocycles. The molecule has 1 aromatic carbocycles. The highest BCUT2D eigenvalue weighted by molar-refractivity contribution is 5.43. The van der Waals surface area contributed by atoms with Gasteiger partial charge in [-0.1, -0.05) is 30.3 Å². The minimum absolute atomic E-state index is 0.464. The zero-order valence-corrected chi connectivity index (χ0v) is 17.8. The van der Waals surface area contributed by atoms with Crippen molar-refractivity contribution in [1.82, 2.24) is 14.9 Å². The second kappa shape index (κ2) is 9.72. The van der Waals surface area contributed by atoms with E-state index in [-0.39, 0.29) is 0 Å². The molecule has 0 saturated carbocycles. The number of benzene rings is 1. The van der Waals surface area contributed by atoms with Crippen LogP contribution < -0.4 is 10.1 Å². The number of ether oxygens (including phenoxy) is 1. The molecule has 1 fully saturated rings. The van der Waals surface area contributed by atoms with Crippen molar-refractivity contribution in [2.45, 2.75) is 31.7 Å². The van der Waals surface area contributed by atoms with E-state index >= 15 is 0 Å². The highest BCUT2D eigenvalue weighted by atomic mass is 16.5. The van der Waals surface area contributed by atoms with Crippen LogP contribution in [-0.4, -0.2) is 42.1 Å². The predicted molar refractivity (Wildman–Crippen MR) is 121 cm³/mol. The van der Waals surface area contributed by atoms with Crippen molar-refractivity contribution in [2.75, 3.05) is 32.6 Å². The van der Waals surface area contributed by atoms with Crippen LogP contribution in [0.3, 0.4) is 0 Å². The van der Waals surface area contributed by atoms with Gasteiger partial charge in [-0.25, -0.2) is 4.98 Å². The molecule has 0 bridgehead atoms. The van der Waals surface area contributed by atoms with Crippen LogP contribution >= 0.6 is 0 Å². The Hall–Kier alpha value is -2.92. The first kappa shape index (κ1) is 20.4. The van der Waals surface area contributed by atoms with Crippen LogP contribution in [0.15, 0.2) is 60.8 Å². The van der Waals surface area contributed by atoms with Gasteiger partial charge in [-0.15, -0.1) is 0 Å². The third-order valence-electron chi connectivity index (χ3n) is 5.84. The molecule has 156 valence electrons. The fraction of sp³-hybridized carbons (Fsp3) is 0.360. The Morgan fingerprint density at radius 2 is 1.93 bits per heavy atom. The normalized spacial score (nSPS) is 16.9. The van der Waals surface area contributed by atoms with Gasteiger partial charge in [-0.3, -0.25) is 9.88 Å². The summed E-state index contributed by atoms with van der Waals surface area (Å²) in [7, 11) is 3.66. The van der Waals surface area contributed by atoms with E-state index in [4.69, 9.17) is 9.72 Å². The molecule has 4 rings (SSSR count). The van der Waals surface area contributed by atoms with E-state index in [9.17, 15) is 0 Å². The van der Waals surface area contributed by atoms with Gasteiger partial charge in [0, 0.05) is 61.2 Å². The molecule has 3 aromatic rings. The second-order valence-corrected chi connectivity index (χ2v) is 7.88. The number of methoxy groups -OCH3 is 1. The first-order valence-corrected chi connectivity index (χ1v) is 10.7. The molecule has 0 unspecified atom stereocenters. The molecule has 0 aliphatic carbocycles. The van der Waals surface area contributed by atoms with Gasteiger partial charge in [0.15, 0.2) is 0 Å². The molecule has 1 atom stereocenters. The average Bonchev–Trinajstić information content (AvgIpc) is 2.80. The van der Waals surface area contributed by atoms with Crippen LogP contribution in [0.1, 0.15) is 41.3 Å². The number of anilines is 1. The van der Waals surface area contributed by atoms with Crippen LogP contribution in [0, 0.1) is 0 Å². The first-order valence-electron chi connectivity index (χ1n) is 10.7. The Bertz CT molecular complexity index is 975. The number of rotatable bonds is 7. The van der Waals surface area contributed by atoms with Crippen molar-refractivity contribution in [2.24, 2.45) is 0 Å². The summed E-state index contributed by atoms with van der Waals surface area (Å²) in [6, 6.07) is 18.8. The molecule has 0 amide bonds. The fourth-order valence-corrected chi connectivity index (χ4v) is 4.34. The van der Waals surface area contributed by atoms with E-state index < -0.39 is 0 Å². The maximum Gasteiger partial charge on any atom is 0.130 e. The molecule has 1 aliphatic rings. The summed E-state index contributed by atoms with van der Waals surface area (Å²) in [5.41, 5.74) is 4.72. The number of piperidine rings is 1. The quantitative estimate of drug-likeness (QED) is 0.631. The Kier molecular flexibility index (Phi) is 6.60. The summed E-state index contributed by atoms with van der Waals surface area (Å²) in [4.78, 5) is 12.0. The van der Waals surface area contributed by atoms with Crippen LogP contribution in [0.4, 0.5) is 5.82 Å². The SMILES string of the molecule is CNc1ncccc1CN1CCC[C@@H](c2cccc(Cc3ccccc3OC)n2)C1. The fourth-order valence-electron chi connectivity index (χ4n) is 4.34. The van der Waals surface area contributed by atoms with E-state index in [1.807, 2.05) is 31.4 Å². The predicted octanol–water partition coefficient (Wildman–Crippen LogP) is 4.50. The molecule has 1 saturated heterocycles. The Morgan fingerprint density at radius 1 is 1.07 bits per heavy atom. The Labute approximate surface area is 179 Å². The number of nitrogens with zero attached hydrogens (tertiary/aromatic N) is 3. The molecule has 0 spiro atoms. The van der Waals surface area contributed by atoms with E-state index in [0.717, 1.165) is 43.3 Å². The van der Waals surface area contributed by atoms with E-state index in [1.165, 1.54) is 29.7 Å². The molecule has 30 heavy (non-hydrogen) atoms. The van der Waals surface area contributed by atoms with Gasteiger partial charge < -0.3 is 10.1 Å². The van der Waals surface area contributed by atoms with Crippen molar-refractivity contribution in [3.63, 3.8) is 0 Å². The van der Waals surface area contributed by atoms with Gasteiger partial charge in [0.1, 0.15) is 11.6 Å². The lowest BCUT2D eigenvalue weighted by Gasteiger charge is -2.33. The number of para-hydroxylation sites is 1. The third kappa shape index (κ3) is 4.79. The monoisotopic (exact) mass is 402 g/mol. The number of pyridine rings is 2. The minimum atomic E-state index is 0.464. The molecular formula is C25H30N4O. The van der Waals surface area contributed by atoms with Crippen LogP contribution in [0.5, 0.6) is 5.75 Å². The topological polar surface area (TPSA) is 50.3 Å². The van der Waals surface area contributed by atoms with Crippen molar-refractivity contribution in [1.29, 1.82) is 0 Å². The number of hydrogen-bond acceptors (Lipinski definition) is 5. The maximum absolute atomic E-state index is 5.51. The van der Waals surface area contributed by atoms with Gasteiger partial charge in [0.05, 0.1) is 7.11 Å². The van der Waals surface area contributed by atoms with E-state index in [0.29, 0.717) is 5.92 Å². The van der Waals surface area contributed by atoms with Crippen molar-refractivity contribution in [3.05, 3.63) is 83.3 Å². The lowest BCUT2D eigenvalue weighted by molar-refractivity contribution is 0.198. The summed E-state index contributed by atoms with van der Waals surface area (Å²) in [5, 5.41) is 3.21. The highest BCUT2D eigenvalue weighted by Crippen LogP contribution is 2.28. The Balaban J connectivity index is 1.46. The number of likely N-dealkylation sites (tertiary alicyclic amines) is 1. The second-order valence-electron chi connectivity index (χ2n) is 7.88. The smallest absolute Gasteiger partial charge is 0.130 e. The lowest BCUT2D eigenvalue weighted by atomic mass is 9.93. The van der Waals surface area contributed by atoms with Crippen molar-refractivity contribution < 1.29 is 4.74 Å². The Morgan fingerprint density at radius 3 is 2.80 bits per heavy atom. The van der Waals surface area contributed by atoms with Crippen molar-refractivity contribution in [3.8, 4) is 5.75 Å². The van der Waals surface area contributed by atoms with Crippen LogP contribution in [0.25, 0.3) is 0 Å². The maximum atomic E-state index is 5.51. The summed E-state index contributed by atoms with van der Waals surface area (Å²) >= 11 is 0. The van der Waals surface area contributed by atoms with Gasteiger partial charge in [0.2, 0.25) is 0 Å². The van der Waals surface area contributed by atoms with Gasteiger partial charge >= 0.3 is 0 Å². The third-order valence-corrected chi connectivity index (χ3v) is 5.84. The largest absolute Gasteiger partial charge is 0.496 e. The van der Waals surface area contributed by atoms with E-state index in [2.05, 4.69) is 51.6 Å². The average molecular weight is 403 g/mol. The van der Waals surface area contributed by atoms with Crippen molar-refractivity contribution >= 4 is 5.82 Å². The molecule has 5 heteroatoms. The van der Waals surface area contributed by atoms with Gasteiger partial charge in [-0.05, 0) is 43.7 Å². The number of hydrogen-bond donors (Lipinski definition) is 1. The summed E-state index contributed by atoms with van der Waals surface area (Å²) in [5.74, 6) is 2.35. The standard InChI is InChI=1S/C25H30N4O/c1-26-25-21(9-6-14-27-25)18-29-15-7-10-20(17-29)23-12-5-11-22(28-23)16-19-8-3-4-13-24(19)30-2/h3-6,8-9,11-14,20H,7,10,15-18H2,1-2H3,(H,26,27)/t20-/m1/s1. The molecule has 0 radical (unpaired) electrons. The van der Waals surface area contributed by atoms with E-state index in [1.54, 1.807) is 7.11 Å². The molecule has 2 aromatic heterocycles. The molecule has 5 nitrogen and oxygen atoms in total. The van der Waals surface area contributed by atoms with Gasteiger partial charge in [0.25, 0.3) is 0 Å². The molecular weight excluding hydrogens is 372 g/mol. The minimum Gasteiger partial charge on any atom is -0.496 e. The lowest BCUT2D eigenvalue weighted by Crippen LogP contribution is -2.34. The molecule has 3 heterocycles. The first-order chi connectivity index (χ1) is 14.8. The summed E-state index contributed by atoms with van der Waals surface area (Å²) in [6.07, 6.45) is 5.01. The zero-order chi connectivity index (χ0) is 20.8. The summed E-state index contributed by atoms with van der Waals surface area (Å²) in [6.45, 7) is 3.07. The summed E-state index contributed by atoms with van der Waals surface area (Å²) < 4.78 is 5.51. The number of aromatic nitrogens is 2. The molecule has 1 N–H and O–H groups in total. The van der Waals surface area contributed by atoms with Crippen LogP contribution in [0.2, 0.25) is 0 Å².